The molecule has 6 nitrogen and oxygen atoms in total. The van der Waals surface area contributed by atoms with E-state index in [1.54, 1.807) is 25.2 Å². The van der Waals surface area contributed by atoms with E-state index in [-0.39, 0.29) is 18.1 Å². The second kappa shape index (κ2) is 8.44. The second-order valence-corrected chi connectivity index (χ2v) is 7.46. The Morgan fingerprint density at radius 1 is 1.00 bits per heavy atom. The Labute approximate surface area is 180 Å². The summed E-state index contributed by atoms with van der Waals surface area (Å²) in [4.78, 5) is 32.2. The molecule has 1 heterocycles. The van der Waals surface area contributed by atoms with Gasteiger partial charge in [0.25, 0.3) is 5.56 Å². The van der Waals surface area contributed by atoms with Gasteiger partial charge in [-0.05, 0) is 43.2 Å². The van der Waals surface area contributed by atoms with E-state index in [4.69, 9.17) is 4.74 Å². The summed E-state index contributed by atoms with van der Waals surface area (Å²) in [6, 6.07) is 22.3. The molecule has 0 spiro atoms. The Bertz CT molecular complexity index is 1310. The molecule has 0 N–H and O–H groups in total. The van der Waals surface area contributed by atoms with Gasteiger partial charge in [-0.3, -0.25) is 4.79 Å². The van der Waals surface area contributed by atoms with Crippen LogP contribution in [-0.4, -0.2) is 22.7 Å². The molecule has 0 aliphatic heterocycles. The van der Waals surface area contributed by atoms with Crippen molar-refractivity contribution in [1.82, 2.24) is 9.55 Å². The predicted octanol–water partition coefficient (Wildman–Crippen LogP) is 4.78. The maximum atomic E-state index is 13.4. The van der Waals surface area contributed by atoms with Crippen molar-refractivity contribution in [2.24, 2.45) is 0 Å². The van der Waals surface area contributed by atoms with Gasteiger partial charge in [0.1, 0.15) is 6.61 Å². The maximum Gasteiger partial charge on any atom is 0.416 e. The summed E-state index contributed by atoms with van der Waals surface area (Å²) >= 11 is 0. The zero-order valence-electron chi connectivity index (χ0n) is 17.7. The van der Waals surface area contributed by atoms with Crippen molar-refractivity contribution < 1.29 is 9.53 Å². The fourth-order valence-corrected chi connectivity index (χ4v) is 3.52. The first-order valence-corrected chi connectivity index (χ1v) is 9.99. The number of ether oxygens (including phenoxy) is 1. The number of hydrogen-bond donors (Lipinski definition) is 0. The van der Waals surface area contributed by atoms with Crippen LogP contribution in [0.15, 0.2) is 77.6 Å². The molecule has 0 atom stereocenters. The molecule has 1 amide bonds. The average molecular weight is 413 g/mol. The molecule has 0 aliphatic rings. The Balaban J connectivity index is 1.80. The Morgan fingerprint density at radius 2 is 1.71 bits per heavy atom. The summed E-state index contributed by atoms with van der Waals surface area (Å²) < 4.78 is 6.94. The fraction of sp³-hybridized carbons (Fsp3) is 0.160. The zero-order chi connectivity index (χ0) is 22.0. The molecule has 6 heteroatoms. The van der Waals surface area contributed by atoms with Crippen LogP contribution in [0.5, 0.6) is 0 Å². The van der Waals surface area contributed by atoms with Crippen LogP contribution in [0.25, 0.3) is 16.6 Å². The lowest BCUT2D eigenvalue weighted by Crippen LogP contribution is -2.34. The van der Waals surface area contributed by atoms with Gasteiger partial charge in [0.05, 0.1) is 16.6 Å². The average Bonchev–Trinajstić information content (AvgIpc) is 2.78. The summed E-state index contributed by atoms with van der Waals surface area (Å²) in [6.07, 6.45) is -0.593. The highest BCUT2D eigenvalue weighted by Crippen LogP contribution is 2.22. The quantitative estimate of drug-likeness (QED) is 0.483. The van der Waals surface area contributed by atoms with E-state index >= 15 is 0 Å². The first-order valence-electron chi connectivity index (χ1n) is 9.99. The molecule has 3 aromatic carbocycles. The zero-order valence-corrected chi connectivity index (χ0v) is 17.7. The number of rotatable bonds is 4. The molecule has 0 bridgehead atoms. The van der Waals surface area contributed by atoms with E-state index in [0.717, 1.165) is 16.7 Å². The molecule has 156 valence electrons. The van der Waals surface area contributed by atoms with Gasteiger partial charge in [-0.25, -0.2) is 19.2 Å². The number of nitrogens with zero attached hydrogens (tertiary/aromatic N) is 3. The number of amides is 1. The van der Waals surface area contributed by atoms with Crippen molar-refractivity contribution in [3.63, 3.8) is 0 Å². The van der Waals surface area contributed by atoms with Crippen molar-refractivity contribution in [3.05, 3.63) is 99.8 Å². The first-order chi connectivity index (χ1) is 15.0. The molecule has 0 unspecified atom stereocenters. The summed E-state index contributed by atoms with van der Waals surface area (Å²) in [5, 5.41) is 0.484. The minimum atomic E-state index is -0.593. The third kappa shape index (κ3) is 4.05. The molecular weight excluding hydrogens is 390 g/mol. The SMILES string of the molecule is Cc1ccc(-n2c(N(C)C(=O)OCc3ccccc3)nc3ccccc3c2=O)c(C)c1. The van der Waals surface area contributed by atoms with E-state index in [1.165, 1.54) is 9.47 Å². The van der Waals surface area contributed by atoms with Crippen LogP contribution in [0.2, 0.25) is 0 Å². The maximum absolute atomic E-state index is 13.4. The Hall–Kier alpha value is -3.93. The topological polar surface area (TPSA) is 64.4 Å². The minimum Gasteiger partial charge on any atom is -0.444 e. The Kier molecular flexibility index (Phi) is 5.54. The summed E-state index contributed by atoms with van der Waals surface area (Å²) in [5.74, 6) is 0.203. The van der Waals surface area contributed by atoms with Crippen LogP contribution < -0.4 is 10.5 Å². The smallest absolute Gasteiger partial charge is 0.416 e. The molecule has 0 saturated carbocycles. The van der Waals surface area contributed by atoms with Crippen molar-refractivity contribution >= 4 is 22.9 Å². The van der Waals surface area contributed by atoms with Crippen LogP contribution in [0, 0.1) is 13.8 Å². The summed E-state index contributed by atoms with van der Waals surface area (Å²) in [6.45, 7) is 4.05. The molecule has 0 radical (unpaired) electrons. The second-order valence-electron chi connectivity index (χ2n) is 7.46. The highest BCUT2D eigenvalue weighted by atomic mass is 16.6. The lowest BCUT2D eigenvalue weighted by Gasteiger charge is -2.22. The van der Waals surface area contributed by atoms with Gasteiger partial charge < -0.3 is 4.74 Å². The van der Waals surface area contributed by atoms with Crippen LogP contribution in [-0.2, 0) is 11.3 Å². The van der Waals surface area contributed by atoms with E-state index in [1.807, 2.05) is 68.4 Å². The molecular formula is C25H23N3O3. The predicted molar refractivity (Wildman–Crippen MR) is 122 cm³/mol. The summed E-state index contributed by atoms with van der Waals surface area (Å²) in [5.41, 5.74) is 3.82. The molecule has 31 heavy (non-hydrogen) atoms. The molecule has 0 saturated heterocycles. The standard InChI is InChI=1S/C25H23N3O3/c1-17-13-14-22(18(2)15-17)28-23(29)20-11-7-8-12-21(20)26-24(28)27(3)25(30)31-16-19-9-5-4-6-10-19/h4-15H,16H2,1-3H3. The summed E-state index contributed by atoms with van der Waals surface area (Å²) in [7, 11) is 1.56. The van der Waals surface area contributed by atoms with Gasteiger partial charge >= 0.3 is 6.09 Å². The third-order valence-electron chi connectivity index (χ3n) is 5.13. The van der Waals surface area contributed by atoms with Crippen molar-refractivity contribution in [2.45, 2.75) is 20.5 Å². The van der Waals surface area contributed by atoms with Gasteiger partial charge in [-0.1, -0.05) is 60.2 Å². The number of para-hydroxylation sites is 1. The van der Waals surface area contributed by atoms with Gasteiger partial charge in [0, 0.05) is 7.05 Å². The fourth-order valence-electron chi connectivity index (χ4n) is 3.52. The molecule has 4 rings (SSSR count). The monoisotopic (exact) mass is 413 g/mol. The van der Waals surface area contributed by atoms with Crippen molar-refractivity contribution in [2.75, 3.05) is 11.9 Å². The van der Waals surface area contributed by atoms with Crippen LogP contribution in [0.4, 0.5) is 10.7 Å². The van der Waals surface area contributed by atoms with E-state index < -0.39 is 6.09 Å². The van der Waals surface area contributed by atoms with E-state index in [9.17, 15) is 9.59 Å². The van der Waals surface area contributed by atoms with Gasteiger partial charge in [0.15, 0.2) is 0 Å². The number of aromatic nitrogens is 2. The number of hydrogen-bond acceptors (Lipinski definition) is 4. The number of carbonyl (C=O) groups is 1. The van der Waals surface area contributed by atoms with Crippen LogP contribution in [0.1, 0.15) is 16.7 Å². The molecule has 1 aromatic heterocycles. The van der Waals surface area contributed by atoms with Crippen LogP contribution >= 0.6 is 0 Å². The molecule has 0 fully saturated rings. The lowest BCUT2D eigenvalue weighted by molar-refractivity contribution is 0.148. The normalized spacial score (nSPS) is 10.8. The largest absolute Gasteiger partial charge is 0.444 e. The third-order valence-corrected chi connectivity index (χ3v) is 5.13. The number of benzene rings is 3. The number of carbonyl (C=O) groups excluding carboxylic acids is 1. The lowest BCUT2D eigenvalue weighted by atomic mass is 10.1. The minimum absolute atomic E-state index is 0.130. The highest BCUT2D eigenvalue weighted by Gasteiger charge is 2.22. The van der Waals surface area contributed by atoms with E-state index in [0.29, 0.717) is 16.6 Å². The first kappa shape index (κ1) is 20.3. The van der Waals surface area contributed by atoms with Gasteiger partial charge in [0.2, 0.25) is 5.95 Å². The number of fused-ring (bicyclic) bond motifs is 1. The van der Waals surface area contributed by atoms with Gasteiger partial charge in [-0.2, -0.15) is 0 Å². The Morgan fingerprint density at radius 3 is 2.45 bits per heavy atom. The van der Waals surface area contributed by atoms with Crippen molar-refractivity contribution in [3.8, 4) is 5.69 Å². The number of aryl methyl sites for hydroxylation is 2. The highest BCUT2D eigenvalue weighted by molar-refractivity contribution is 5.88. The van der Waals surface area contributed by atoms with E-state index in [2.05, 4.69) is 4.98 Å². The molecule has 4 aromatic rings. The molecule has 0 aliphatic carbocycles. The number of anilines is 1. The van der Waals surface area contributed by atoms with Crippen LogP contribution in [0.3, 0.4) is 0 Å². The van der Waals surface area contributed by atoms with Gasteiger partial charge in [-0.15, -0.1) is 0 Å². The van der Waals surface area contributed by atoms with Crippen molar-refractivity contribution in [1.29, 1.82) is 0 Å².